The fourth-order valence-electron chi connectivity index (χ4n) is 1.82. The molecule has 1 N–H and O–H groups in total. The molecular formula is C16H16BrFN2O2. The van der Waals surface area contributed by atoms with Gasteiger partial charge in [-0.25, -0.2) is 9.37 Å². The molecular weight excluding hydrogens is 351 g/mol. The van der Waals surface area contributed by atoms with E-state index in [0.29, 0.717) is 10.2 Å². The highest BCUT2D eigenvalue weighted by Gasteiger charge is 2.13. The SMILES string of the molecule is Cc1ccc(C(=O)NC[C@H](C)Oc2ccccc2F)c(Br)n1. The Kier molecular flexibility index (Phi) is 5.49. The highest BCUT2D eigenvalue weighted by Crippen LogP contribution is 2.17. The van der Waals surface area contributed by atoms with Gasteiger partial charge >= 0.3 is 0 Å². The van der Waals surface area contributed by atoms with Crippen molar-refractivity contribution in [3.05, 3.63) is 58.1 Å². The fraction of sp³-hybridized carbons (Fsp3) is 0.250. The summed E-state index contributed by atoms with van der Waals surface area (Å²) in [6, 6.07) is 9.63. The van der Waals surface area contributed by atoms with Gasteiger partial charge in [-0.3, -0.25) is 4.79 Å². The fourth-order valence-corrected chi connectivity index (χ4v) is 2.42. The van der Waals surface area contributed by atoms with Gasteiger partial charge in [-0.2, -0.15) is 0 Å². The highest BCUT2D eigenvalue weighted by molar-refractivity contribution is 9.10. The monoisotopic (exact) mass is 366 g/mol. The Balaban J connectivity index is 1.92. The van der Waals surface area contributed by atoms with Gasteiger partial charge in [0, 0.05) is 5.69 Å². The van der Waals surface area contributed by atoms with Gasteiger partial charge < -0.3 is 10.1 Å². The van der Waals surface area contributed by atoms with Crippen molar-refractivity contribution >= 4 is 21.8 Å². The molecule has 2 rings (SSSR count). The second-order valence-corrected chi connectivity index (χ2v) is 5.61. The van der Waals surface area contributed by atoms with Gasteiger partial charge in [-0.15, -0.1) is 0 Å². The zero-order chi connectivity index (χ0) is 16.1. The third-order valence-corrected chi connectivity index (χ3v) is 3.55. The number of rotatable bonds is 5. The number of aryl methyl sites for hydroxylation is 1. The van der Waals surface area contributed by atoms with Gasteiger partial charge in [0.2, 0.25) is 0 Å². The minimum absolute atomic E-state index is 0.169. The lowest BCUT2D eigenvalue weighted by molar-refractivity contribution is 0.0930. The number of halogens is 2. The van der Waals surface area contributed by atoms with E-state index in [4.69, 9.17) is 4.74 Å². The van der Waals surface area contributed by atoms with E-state index in [1.807, 2.05) is 6.92 Å². The summed E-state index contributed by atoms with van der Waals surface area (Å²) in [6.45, 7) is 3.86. The quantitative estimate of drug-likeness (QED) is 0.824. The molecule has 0 radical (unpaired) electrons. The molecule has 1 atom stereocenters. The first-order chi connectivity index (χ1) is 10.5. The summed E-state index contributed by atoms with van der Waals surface area (Å²) >= 11 is 3.27. The third kappa shape index (κ3) is 4.27. The van der Waals surface area contributed by atoms with Crippen LogP contribution in [0.25, 0.3) is 0 Å². The number of aromatic nitrogens is 1. The number of benzene rings is 1. The lowest BCUT2D eigenvalue weighted by Gasteiger charge is -2.16. The van der Waals surface area contributed by atoms with Crippen molar-refractivity contribution in [2.75, 3.05) is 6.54 Å². The van der Waals surface area contributed by atoms with E-state index in [0.717, 1.165) is 5.69 Å². The van der Waals surface area contributed by atoms with Crippen molar-refractivity contribution in [1.29, 1.82) is 0 Å². The predicted octanol–water partition coefficient (Wildman–Crippen LogP) is 3.49. The summed E-state index contributed by atoms with van der Waals surface area (Å²) < 4.78 is 19.4. The maximum Gasteiger partial charge on any atom is 0.254 e. The topological polar surface area (TPSA) is 51.2 Å². The molecule has 0 saturated heterocycles. The van der Waals surface area contributed by atoms with Crippen LogP contribution >= 0.6 is 15.9 Å². The van der Waals surface area contributed by atoms with Crippen LogP contribution < -0.4 is 10.1 Å². The lowest BCUT2D eigenvalue weighted by Crippen LogP contribution is -2.34. The van der Waals surface area contributed by atoms with Gasteiger partial charge in [-0.1, -0.05) is 12.1 Å². The zero-order valence-corrected chi connectivity index (χ0v) is 13.9. The van der Waals surface area contributed by atoms with Crippen molar-refractivity contribution in [2.24, 2.45) is 0 Å². The van der Waals surface area contributed by atoms with Crippen LogP contribution in [-0.4, -0.2) is 23.5 Å². The zero-order valence-electron chi connectivity index (χ0n) is 12.3. The second kappa shape index (κ2) is 7.35. The van der Waals surface area contributed by atoms with Crippen LogP contribution in [0.15, 0.2) is 41.0 Å². The van der Waals surface area contributed by atoms with E-state index in [-0.39, 0.29) is 24.3 Å². The number of hydrogen-bond donors (Lipinski definition) is 1. The van der Waals surface area contributed by atoms with Gasteiger partial charge in [0.25, 0.3) is 5.91 Å². The molecule has 1 aromatic heterocycles. The summed E-state index contributed by atoms with van der Waals surface area (Å²) in [7, 11) is 0. The molecule has 1 heterocycles. The summed E-state index contributed by atoms with van der Waals surface area (Å²) in [5, 5.41) is 2.74. The smallest absolute Gasteiger partial charge is 0.254 e. The van der Waals surface area contributed by atoms with E-state index < -0.39 is 5.82 Å². The van der Waals surface area contributed by atoms with E-state index >= 15 is 0 Å². The number of hydrogen-bond acceptors (Lipinski definition) is 3. The van der Waals surface area contributed by atoms with Crippen molar-refractivity contribution in [3.8, 4) is 5.75 Å². The Labute approximate surface area is 136 Å². The molecule has 0 fully saturated rings. The number of pyridine rings is 1. The second-order valence-electron chi connectivity index (χ2n) is 4.86. The number of para-hydroxylation sites is 1. The Morgan fingerprint density at radius 3 is 2.77 bits per heavy atom. The van der Waals surface area contributed by atoms with Gasteiger partial charge in [-0.05, 0) is 54.0 Å². The average molecular weight is 367 g/mol. The Morgan fingerprint density at radius 1 is 1.36 bits per heavy atom. The standard InChI is InChI=1S/C16H16BrFN2O2/c1-10-7-8-12(15(17)20-10)16(21)19-9-11(2)22-14-6-4-3-5-13(14)18/h3-8,11H,9H2,1-2H3,(H,19,21)/t11-/m0/s1. The highest BCUT2D eigenvalue weighted by atomic mass is 79.9. The molecule has 0 aliphatic heterocycles. The molecule has 4 nitrogen and oxygen atoms in total. The Morgan fingerprint density at radius 2 is 2.09 bits per heavy atom. The van der Waals surface area contributed by atoms with Crippen LogP contribution in [0.5, 0.6) is 5.75 Å². The first-order valence-corrected chi connectivity index (χ1v) is 7.59. The summed E-state index contributed by atoms with van der Waals surface area (Å²) in [4.78, 5) is 16.3. The van der Waals surface area contributed by atoms with E-state index in [1.165, 1.54) is 6.07 Å². The number of nitrogens with one attached hydrogen (secondary N) is 1. The van der Waals surface area contributed by atoms with E-state index in [2.05, 4.69) is 26.2 Å². The van der Waals surface area contributed by atoms with E-state index in [9.17, 15) is 9.18 Å². The maximum absolute atomic E-state index is 13.5. The van der Waals surface area contributed by atoms with Crippen molar-refractivity contribution in [2.45, 2.75) is 20.0 Å². The minimum atomic E-state index is -0.425. The number of nitrogens with zero attached hydrogens (tertiary/aromatic N) is 1. The Bertz CT molecular complexity index is 679. The molecule has 0 aliphatic carbocycles. The first kappa shape index (κ1) is 16.4. The normalized spacial score (nSPS) is 11.8. The van der Waals surface area contributed by atoms with Crippen LogP contribution in [-0.2, 0) is 0 Å². The predicted molar refractivity (Wildman–Crippen MR) is 85.5 cm³/mol. The van der Waals surface area contributed by atoms with E-state index in [1.54, 1.807) is 37.3 Å². The molecule has 116 valence electrons. The molecule has 6 heteroatoms. The van der Waals surface area contributed by atoms with Crippen molar-refractivity contribution in [3.63, 3.8) is 0 Å². The molecule has 1 aromatic carbocycles. The van der Waals surface area contributed by atoms with Gasteiger partial charge in [0.05, 0.1) is 12.1 Å². The third-order valence-electron chi connectivity index (χ3n) is 2.95. The molecule has 22 heavy (non-hydrogen) atoms. The molecule has 0 spiro atoms. The lowest BCUT2D eigenvalue weighted by atomic mass is 10.2. The number of amides is 1. The maximum atomic E-state index is 13.5. The summed E-state index contributed by atoms with van der Waals surface area (Å²) in [6.07, 6.45) is -0.363. The molecule has 0 unspecified atom stereocenters. The number of carbonyl (C=O) groups is 1. The molecule has 0 bridgehead atoms. The Hall–Kier alpha value is -1.95. The first-order valence-electron chi connectivity index (χ1n) is 6.80. The van der Waals surface area contributed by atoms with Crippen LogP contribution in [0.4, 0.5) is 4.39 Å². The van der Waals surface area contributed by atoms with Gasteiger partial charge in [0.15, 0.2) is 11.6 Å². The molecule has 1 amide bonds. The largest absolute Gasteiger partial charge is 0.486 e. The van der Waals surface area contributed by atoms with Crippen LogP contribution in [0.1, 0.15) is 23.0 Å². The average Bonchev–Trinajstić information content (AvgIpc) is 2.47. The summed E-state index contributed by atoms with van der Waals surface area (Å²) in [5.41, 5.74) is 1.27. The van der Waals surface area contributed by atoms with Crippen LogP contribution in [0, 0.1) is 12.7 Å². The molecule has 2 aromatic rings. The van der Waals surface area contributed by atoms with Crippen LogP contribution in [0.3, 0.4) is 0 Å². The van der Waals surface area contributed by atoms with Crippen molar-refractivity contribution in [1.82, 2.24) is 10.3 Å². The number of ether oxygens (including phenoxy) is 1. The molecule has 0 saturated carbocycles. The summed E-state index contributed by atoms with van der Waals surface area (Å²) in [5.74, 6) is -0.517. The molecule has 0 aliphatic rings. The van der Waals surface area contributed by atoms with Gasteiger partial charge in [0.1, 0.15) is 10.7 Å². The van der Waals surface area contributed by atoms with Crippen LogP contribution in [0.2, 0.25) is 0 Å². The van der Waals surface area contributed by atoms with Crippen molar-refractivity contribution < 1.29 is 13.9 Å². The number of carbonyl (C=O) groups excluding carboxylic acids is 1. The minimum Gasteiger partial charge on any atom is -0.486 e.